The van der Waals surface area contributed by atoms with E-state index in [4.69, 9.17) is 28.2 Å². The molecule has 7 aromatic rings. The van der Waals surface area contributed by atoms with Crippen molar-refractivity contribution in [2.75, 3.05) is 77.9 Å². The number of anilines is 1. The molecule has 9 rings (SSSR count). The van der Waals surface area contributed by atoms with Gasteiger partial charge in [0.1, 0.15) is 36.2 Å². The maximum atomic E-state index is 14.4. The summed E-state index contributed by atoms with van der Waals surface area (Å²) in [6.07, 6.45) is 2.82. The molecule has 0 bridgehead atoms. The molecule has 3 atom stereocenters. The smallest absolute Gasteiger partial charge is 0.255 e. The number of hydrogen-bond acceptors (Lipinski definition) is 17. The highest BCUT2D eigenvalue weighted by atomic mass is 32.1. The van der Waals surface area contributed by atoms with E-state index in [0.29, 0.717) is 92.3 Å². The third-order valence-electron chi connectivity index (χ3n) is 14.1. The largest absolute Gasteiger partial charge is 0.508 e. The molecule has 3 unspecified atom stereocenters. The molecule has 5 heterocycles. The minimum atomic E-state index is -1.35. The highest BCUT2D eigenvalue weighted by molar-refractivity contribution is 7.14. The first-order valence-electron chi connectivity index (χ1n) is 27.3. The zero-order chi connectivity index (χ0) is 58.2. The number of fused-ring (bicyclic) bond motifs is 1. The summed E-state index contributed by atoms with van der Waals surface area (Å²) in [6.45, 7) is 9.86. The Balaban J connectivity index is 0.604. The summed E-state index contributed by atoms with van der Waals surface area (Å²) >= 11 is 2.78. The Morgan fingerprint density at radius 1 is 0.807 bits per heavy atom. The number of phenolic OH excluding ortho intramolecular Hbond substituents is 1. The van der Waals surface area contributed by atoms with Crippen LogP contribution in [0.1, 0.15) is 87.5 Å². The van der Waals surface area contributed by atoms with Gasteiger partial charge in [-0.1, -0.05) is 62.4 Å². The zero-order valence-electron chi connectivity index (χ0n) is 46.2. The van der Waals surface area contributed by atoms with Gasteiger partial charge in [-0.05, 0) is 95.1 Å². The Hall–Kier alpha value is -7.93. The molecule has 83 heavy (non-hydrogen) atoms. The normalized spacial score (nSPS) is 14.7. The van der Waals surface area contributed by atoms with Crippen molar-refractivity contribution < 1.29 is 61.7 Å². The predicted octanol–water partition coefficient (Wildman–Crippen LogP) is 8.33. The standard InChI is InChI=1S/C60H65FN8O12S2/c1-37(2)52(59(75)68-20-4-5-48(68)56(72)64-34-39-6-8-41(9-7-39)54-38(3)65-36-83-54)50-33-51(67-81-50)80-29-28-79-27-26-78-25-24-77-23-22-76-21-18-62-55(71)42-12-10-40(11-13-42)43-14-15-44-35-69(58(74)46(44)31-43)53(47-32-45(61)16-17-49(47)70)57(73)66-60-63-19-30-82-60/h6-17,19,30-33,36-37,48,52-53,70H,4-5,18,20-29,34-35H2,1-3H3,(H,62,71)(H,64,72)(H,63,66,73). The van der Waals surface area contributed by atoms with Crippen LogP contribution in [0, 0.1) is 18.7 Å². The SMILES string of the molecule is Cc1ncsc1-c1ccc(CNC(=O)C2CCCN2C(=O)C(c2cc(OCCOCCOCCOCCOCCNC(=O)c3ccc(-c4ccc5c(c4)C(=O)N(C(C(=O)Nc4nccs4)c4cc(F)ccc4O)C5)cc3)no2)C(C)C)cc1. The number of aromatic nitrogens is 3. The number of benzene rings is 4. The van der Waals surface area contributed by atoms with Crippen molar-refractivity contribution in [3.8, 4) is 33.2 Å². The molecule has 0 spiro atoms. The molecular formula is C60H65FN8O12S2. The summed E-state index contributed by atoms with van der Waals surface area (Å²) < 4.78 is 48.2. The zero-order valence-corrected chi connectivity index (χ0v) is 47.8. The number of ether oxygens (including phenoxy) is 5. The number of nitrogens with one attached hydrogen (secondary N) is 3. The number of rotatable bonds is 29. The van der Waals surface area contributed by atoms with Crippen LogP contribution in [0.4, 0.5) is 9.52 Å². The maximum absolute atomic E-state index is 14.4. The third kappa shape index (κ3) is 15.4. The average Bonchev–Trinajstić information content (AvgIpc) is 3.77. The Morgan fingerprint density at radius 3 is 2.19 bits per heavy atom. The van der Waals surface area contributed by atoms with Gasteiger partial charge in [-0.25, -0.2) is 14.4 Å². The first kappa shape index (κ1) is 59.7. The molecule has 23 heteroatoms. The summed E-state index contributed by atoms with van der Waals surface area (Å²) in [4.78, 5) is 80.3. The van der Waals surface area contributed by atoms with Gasteiger partial charge in [0.25, 0.3) is 23.6 Å². The molecule has 4 aromatic carbocycles. The van der Waals surface area contributed by atoms with E-state index >= 15 is 0 Å². The van der Waals surface area contributed by atoms with Crippen LogP contribution in [0.25, 0.3) is 21.6 Å². The fraction of sp³-hybridized carbons (Fsp3) is 0.367. The van der Waals surface area contributed by atoms with Crippen LogP contribution in [-0.4, -0.2) is 138 Å². The number of halogens is 1. The lowest BCUT2D eigenvalue weighted by molar-refractivity contribution is -0.140. The summed E-state index contributed by atoms with van der Waals surface area (Å²) in [5, 5.41) is 25.2. The van der Waals surface area contributed by atoms with Crippen LogP contribution in [0.5, 0.6) is 11.6 Å². The van der Waals surface area contributed by atoms with Gasteiger partial charge in [-0.3, -0.25) is 29.3 Å². The number of likely N-dealkylation sites (tertiary alicyclic amines) is 1. The fourth-order valence-electron chi connectivity index (χ4n) is 9.85. The van der Waals surface area contributed by atoms with Crippen LogP contribution in [0.15, 0.2) is 113 Å². The Bertz CT molecular complexity index is 3320. The molecule has 1 fully saturated rings. The second kappa shape index (κ2) is 28.9. The first-order valence-corrected chi connectivity index (χ1v) is 29.1. The number of aromatic hydroxyl groups is 1. The second-order valence-corrected chi connectivity index (χ2v) is 21.8. The molecule has 4 N–H and O–H groups in total. The van der Waals surface area contributed by atoms with Gasteiger partial charge in [-0.2, -0.15) is 0 Å². The number of carbonyl (C=O) groups is 5. The van der Waals surface area contributed by atoms with Crippen molar-refractivity contribution in [2.24, 2.45) is 5.92 Å². The molecule has 0 aliphatic carbocycles. The highest BCUT2D eigenvalue weighted by Gasteiger charge is 2.41. The van der Waals surface area contributed by atoms with E-state index in [-0.39, 0.29) is 73.7 Å². The van der Waals surface area contributed by atoms with E-state index in [1.807, 2.05) is 56.6 Å². The van der Waals surface area contributed by atoms with Crippen molar-refractivity contribution >= 4 is 57.3 Å². The summed E-state index contributed by atoms with van der Waals surface area (Å²) in [5.74, 6) is -2.93. The monoisotopic (exact) mass is 1170 g/mol. The summed E-state index contributed by atoms with van der Waals surface area (Å²) in [6, 6.07) is 23.3. The molecule has 20 nitrogen and oxygen atoms in total. The van der Waals surface area contributed by atoms with Gasteiger partial charge in [-0.15, -0.1) is 22.7 Å². The lowest BCUT2D eigenvalue weighted by Crippen LogP contribution is -2.47. The van der Waals surface area contributed by atoms with Gasteiger partial charge in [0, 0.05) is 60.5 Å². The van der Waals surface area contributed by atoms with Crippen LogP contribution < -0.4 is 20.7 Å². The first-order chi connectivity index (χ1) is 40.3. The second-order valence-electron chi connectivity index (χ2n) is 20.0. The molecule has 2 aliphatic rings. The summed E-state index contributed by atoms with van der Waals surface area (Å²) in [5.41, 5.74) is 7.72. The van der Waals surface area contributed by atoms with E-state index in [0.717, 1.165) is 51.9 Å². The molecule has 3 aromatic heterocycles. The van der Waals surface area contributed by atoms with Crippen LogP contribution in [-0.2, 0) is 46.4 Å². The Morgan fingerprint density at radius 2 is 1.51 bits per heavy atom. The van der Waals surface area contributed by atoms with Crippen LogP contribution in [0.2, 0.25) is 0 Å². The average molecular weight is 1170 g/mol. The molecule has 0 saturated carbocycles. The Labute approximate surface area is 487 Å². The maximum Gasteiger partial charge on any atom is 0.255 e. The topological polar surface area (TPSA) is 246 Å². The fourth-order valence-corrected chi connectivity index (χ4v) is 11.2. The van der Waals surface area contributed by atoms with E-state index < -0.39 is 35.6 Å². The van der Waals surface area contributed by atoms with E-state index in [1.165, 1.54) is 22.4 Å². The predicted molar refractivity (Wildman–Crippen MR) is 307 cm³/mol. The van der Waals surface area contributed by atoms with Gasteiger partial charge in [0.15, 0.2) is 10.9 Å². The van der Waals surface area contributed by atoms with E-state index in [9.17, 15) is 33.5 Å². The van der Waals surface area contributed by atoms with E-state index in [2.05, 4.69) is 31.1 Å². The van der Waals surface area contributed by atoms with Gasteiger partial charge < -0.3 is 53.7 Å². The number of phenols is 1. The highest BCUT2D eigenvalue weighted by Crippen LogP contribution is 2.39. The molecule has 0 radical (unpaired) electrons. The number of nitrogens with zero attached hydrogens (tertiary/aromatic N) is 5. The molecule has 2 aliphatic heterocycles. The van der Waals surface area contributed by atoms with Crippen molar-refractivity contribution in [1.29, 1.82) is 0 Å². The van der Waals surface area contributed by atoms with E-state index in [1.54, 1.807) is 64.1 Å². The number of thiazole rings is 2. The minimum Gasteiger partial charge on any atom is -0.508 e. The lowest BCUT2D eigenvalue weighted by Gasteiger charge is -2.28. The van der Waals surface area contributed by atoms with Crippen LogP contribution >= 0.6 is 22.7 Å². The van der Waals surface area contributed by atoms with Crippen molar-refractivity contribution in [2.45, 2.75) is 64.7 Å². The number of aryl methyl sites for hydroxylation is 1. The number of hydrogen-bond donors (Lipinski definition) is 4. The number of carbonyl (C=O) groups excluding carboxylic acids is 5. The number of amides is 5. The van der Waals surface area contributed by atoms with Gasteiger partial charge >= 0.3 is 0 Å². The Kier molecular flexibility index (Phi) is 20.7. The van der Waals surface area contributed by atoms with Gasteiger partial charge in [0.05, 0.1) is 68.9 Å². The molecular weight excluding hydrogens is 1110 g/mol. The quantitative estimate of drug-likeness (QED) is 0.0322. The van der Waals surface area contributed by atoms with Crippen molar-refractivity contribution in [3.05, 3.63) is 153 Å². The van der Waals surface area contributed by atoms with Crippen molar-refractivity contribution in [3.63, 3.8) is 0 Å². The molecule has 1 saturated heterocycles. The third-order valence-corrected chi connectivity index (χ3v) is 15.7. The van der Waals surface area contributed by atoms with Crippen molar-refractivity contribution in [1.82, 2.24) is 35.6 Å². The lowest BCUT2D eigenvalue weighted by atomic mass is 9.91. The molecule has 436 valence electrons. The molecule has 5 amide bonds. The van der Waals surface area contributed by atoms with Crippen LogP contribution in [0.3, 0.4) is 0 Å². The summed E-state index contributed by atoms with van der Waals surface area (Å²) in [7, 11) is 0. The minimum absolute atomic E-state index is 0.0472. The van der Waals surface area contributed by atoms with Gasteiger partial charge in [0.2, 0.25) is 11.8 Å².